The molecule has 0 aliphatic heterocycles. The number of hydrogen-bond donors (Lipinski definition) is 2. The van der Waals surface area contributed by atoms with Gasteiger partial charge in [0.2, 0.25) is 15.9 Å². The van der Waals surface area contributed by atoms with Gasteiger partial charge in [0.1, 0.15) is 5.82 Å². The van der Waals surface area contributed by atoms with E-state index < -0.39 is 10.0 Å². The lowest BCUT2D eigenvalue weighted by molar-refractivity contribution is -0.115. The van der Waals surface area contributed by atoms with Crippen molar-refractivity contribution in [3.8, 4) is 0 Å². The van der Waals surface area contributed by atoms with E-state index in [1.54, 1.807) is 26.0 Å². The second-order valence-electron chi connectivity index (χ2n) is 5.56. The Labute approximate surface area is 150 Å². The number of benzene rings is 2. The number of amides is 1. The molecule has 134 valence electrons. The molecule has 0 saturated heterocycles. The fraction of sp³-hybridized carbons (Fsp3) is 0.235. The normalized spacial score (nSPS) is 11.4. The van der Waals surface area contributed by atoms with Gasteiger partial charge in [-0.05, 0) is 61.4 Å². The maximum absolute atomic E-state index is 12.8. The van der Waals surface area contributed by atoms with Gasteiger partial charge in [0.05, 0.1) is 4.90 Å². The van der Waals surface area contributed by atoms with Crippen molar-refractivity contribution in [2.75, 3.05) is 11.1 Å². The highest BCUT2D eigenvalue weighted by atomic mass is 32.2. The molecule has 0 saturated carbocycles. The number of aryl methyl sites for hydroxylation is 1. The van der Waals surface area contributed by atoms with Crippen LogP contribution in [0.4, 0.5) is 10.1 Å². The molecule has 8 heteroatoms. The second-order valence-corrected chi connectivity index (χ2v) is 8.29. The van der Waals surface area contributed by atoms with Crippen molar-refractivity contribution < 1.29 is 17.6 Å². The van der Waals surface area contributed by atoms with E-state index in [1.807, 2.05) is 0 Å². The van der Waals surface area contributed by atoms with Crippen LogP contribution in [0.3, 0.4) is 0 Å². The first-order valence-electron chi connectivity index (χ1n) is 7.49. The first-order valence-corrected chi connectivity index (χ1v) is 10.0. The zero-order chi connectivity index (χ0) is 18.6. The van der Waals surface area contributed by atoms with Gasteiger partial charge in [-0.25, -0.2) is 17.9 Å². The van der Waals surface area contributed by atoms with Crippen molar-refractivity contribution >= 4 is 33.4 Å². The SMILES string of the molecule is Cc1cc(S(N)(=O)=O)cc(NC(=O)CCSc2ccc(F)cc2)c1C. The quantitative estimate of drug-likeness (QED) is 0.751. The minimum Gasteiger partial charge on any atom is -0.326 e. The summed E-state index contributed by atoms with van der Waals surface area (Å²) >= 11 is 1.44. The van der Waals surface area contributed by atoms with Crippen molar-refractivity contribution in [3.63, 3.8) is 0 Å². The lowest BCUT2D eigenvalue weighted by atomic mass is 10.1. The Morgan fingerprint density at radius 2 is 1.84 bits per heavy atom. The summed E-state index contributed by atoms with van der Waals surface area (Å²) in [4.78, 5) is 13.0. The molecular weight excluding hydrogens is 363 g/mol. The van der Waals surface area contributed by atoms with Crippen LogP contribution in [-0.4, -0.2) is 20.1 Å². The van der Waals surface area contributed by atoms with Crippen molar-refractivity contribution in [1.82, 2.24) is 0 Å². The Morgan fingerprint density at radius 3 is 2.44 bits per heavy atom. The number of rotatable bonds is 6. The van der Waals surface area contributed by atoms with Crippen molar-refractivity contribution in [1.29, 1.82) is 0 Å². The Balaban J connectivity index is 2.00. The van der Waals surface area contributed by atoms with Crippen LogP contribution in [0, 0.1) is 19.7 Å². The van der Waals surface area contributed by atoms with Crippen molar-refractivity contribution in [2.45, 2.75) is 30.1 Å². The van der Waals surface area contributed by atoms with E-state index in [2.05, 4.69) is 5.32 Å². The monoisotopic (exact) mass is 382 g/mol. The molecule has 0 radical (unpaired) electrons. The average molecular weight is 382 g/mol. The molecule has 0 fully saturated rings. The van der Waals surface area contributed by atoms with Crippen LogP contribution >= 0.6 is 11.8 Å². The molecule has 0 spiro atoms. The third kappa shape index (κ3) is 5.55. The predicted molar refractivity (Wildman–Crippen MR) is 97.7 cm³/mol. The lowest BCUT2D eigenvalue weighted by Gasteiger charge is -2.12. The lowest BCUT2D eigenvalue weighted by Crippen LogP contribution is -2.16. The molecule has 0 bridgehead atoms. The molecule has 25 heavy (non-hydrogen) atoms. The fourth-order valence-corrected chi connectivity index (χ4v) is 3.60. The summed E-state index contributed by atoms with van der Waals surface area (Å²) in [5, 5.41) is 7.89. The standard InChI is InChI=1S/C17H19FN2O3S2/c1-11-9-15(25(19,22)23)10-16(12(11)2)20-17(21)7-8-24-14-5-3-13(18)4-6-14/h3-6,9-10H,7-8H2,1-2H3,(H,20,21)(H2,19,22,23). The van der Waals surface area contributed by atoms with Gasteiger partial charge in [-0.15, -0.1) is 11.8 Å². The summed E-state index contributed by atoms with van der Waals surface area (Å²) in [5.41, 5.74) is 1.94. The number of carbonyl (C=O) groups excluding carboxylic acids is 1. The van der Waals surface area contributed by atoms with Gasteiger partial charge in [-0.2, -0.15) is 0 Å². The van der Waals surface area contributed by atoms with Gasteiger partial charge >= 0.3 is 0 Å². The number of primary sulfonamides is 1. The molecule has 3 N–H and O–H groups in total. The van der Waals surface area contributed by atoms with Gasteiger partial charge in [0.15, 0.2) is 0 Å². The van der Waals surface area contributed by atoms with Crippen LogP contribution in [0.25, 0.3) is 0 Å². The maximum atomic E-state index is 12.8. The zero-order valence-electron chi connectivity index (χ0n) is 13.9. The molecule has 2 rings (SSSR count). The molecule has 5 nitrogen and oxygen atoms in total. The molecular formula is C17H19FN2O3S2. The van der Waals surface area contributed by atoms with Crippen LogP contribution in [0.1, 0.15) is 17.5 Å². The van der Waals surface area contributed by atoms with Crippen LogP contribution in [0.2, 0.25) is 0 Å². The van der Waals surface area contributed by atoms with E-state index in [-0.39, 0.29) is 23.0 Å². The third-order valence-electron chi connectivity index (χ3n) is 3.65. The number of hydrogen-bond acceptors (Lipinski definition) is 4. The van der Waals surface area contributed by atoms with Crippen molar-refractivity contribution in [3.05, 3.63) is 53.3 Å². The smallest absolute Gasteiger partial charge is 0.238 e. The highest BCUT2D eigenvalue weighted by molar-refractivity contribution is 7.99. The van der Waals surface area contributed by atoms with E-state index in [1.165, 1.54) is 36.0 Å². The number of anilines is 1. The van der Waals surface area contributed by atoms with Crippen LogP contribution in [0.5, 0.6) is 0 Å². The van der Waals surface area contributed by atoms with E-state index in [0.29, 0.717) is 11.4 Å². The zero-order valence-corrected chi connectivity index (χ0v) is 15.5. The summed E-state index contributed by atoms with van der Waals surface area (Å²) < 4.78 is 35.9. The van der Waals surface area contributed by atoms with Crippen LogP contribution in [0.15, 0.2) is 46.2 Å². The Kier molecular flexibility index (Phi) is 6.21. The summed E-state index contributed by atoms with van der Waals surface area (Å²) in [6.45, 7) is 3.55. The average Bonchev–Trinajstić information content (AvgIpc) is 2.52. The molecule has 2 aromatic carbocycles. The van der Waals surface area contributed by atoms with Gasteiger partial charge < -0.3 is 5.32 Å². The number of thioether (sulfide) groups is 1. The van der Waals surface area contributed by atoms with Gasteiger partial charge in [-0.1, -0.05) is 0 Å². The number of carbonyl (C=O) groups is 1. The Hall–Kier alpha value is -1.90. The second kappa shape index (κ2) is 7.99. The largest absolute Gasteiger partial charge is 0.326 e. The molecule has 0 aliphatic rings. The predicted octanol–water partition coefficient (Wildman–Crippen LogP) is 3.21. The minimum atomic E-state index is -3.84. The summed E-state index contributed by atoms with van der Waals surface area (Å²) in [6, 6.07) is 8.88. The van der Waals surface area contributed by atoms with Crippen LogP contribution < -0.4 is 10.5 Å². The van der Waals surface area contributed by atoms with Gasteiger partial charge in [0, 0.05) is 22.8 Å². The molecule has 2 aromatic rings. The molecule has 1 amide bonds. The fourth-order valence-electron chi connectivity index (χ4n) is 2.13. The number of halogens is 1. The van der Waals surface area contributed by atoms with Crippen LogP contribution in [-0.2, 0) is 14.8 Å². The summed E-state index contributed by atoms with van der Waals surface area (Å²) in [6.07, 6.45) is 0.236. The van der Waals surface area contributed by atoms with E-state index in [0.717, 1.165) is 16.0 Å². The first-order chi connectivity index (χ1) is 11.7. The summed E-state index contributed by atoms with van der Waals surface area (Å²) in [5.74, 6) is -0.0176. The number of nitrogens with two attached hydrogens (primary N) is 1. The molecule has 0 aromatic heterocycles. The van der Waals surface area contributed by atoms with E-state index in [4.69, 9.17) is 5.14 Å². The minimum absolute atomic E-state index is 0.0356. The summed E-state index contributed by atoms with van der Waals surface area (Å²) in [7, 11) is -3.84. The van der Waals surface area contributed by atoms with E-state index >= 15 is 0 Å². The number of sulfonamides is 1. The highest BCUT2D eigenvalue weighted by Gasteiger charge is 2.14. The third-order valence-corrected chi connectivity index (χ3v) is 5.56. The van der Waals surface area contributed by atoms with E-state index in [9.17, 15) is 17.6 Å². The molecule has 0 unspecified atom stereocenters. The molecule has 0 aliphatic carbocycles. The molecule has 0 atom stereocenters. The van der Waals surface area contributed by atoms with Crippen molar-refractivity contribution in [2.24, 2.45) is 5.14 Å². The molecule has 0 heterocycles. The van der Waals surface area contributed by atoms with Gasteiger partial charge in [-0.3, -0.25) is 4.79 Å². The highest BCUT2D eigenvalue weighted by Crippen LogP contribution is 2.24. The maximum Gasteiger partial charge on any atom is 0.238 e. The van der Waals surface area contributed by atoms with Gasteiger partial charge in [0.25, 0.3) is 0 Å². The Bertz CT molecular complexity index is 882. The first kappa shape index (κ1) is 19.4. The Morgan fingerprint density at radius 1 is 1.20 bits per heavy atom. The topological polar surface area (TPSA) is 89.3 Å². The number of nitrogens with one attached hydrogen (secondary N) is 1.